The summed E-state index contributed by atoms with van der Waals surface area (Å²) in [5.74, 6) is 0. The van der Waals surface area contributed by atoms with E-state index in [1.807, 2.05) is 0 Å². The van der Waals surface area contributed by atoms with Crippen molar-refractivity contribution in [3.8, 4) is 0 Å². The minimum Gasteiger partial charge on any atom is -0.203 e. The van der Waals surface area contributed by atoms with Crippen LogP contribution in [0.3, 0.4) is 0 Å². The Kier molecular flexibility index (Phi) is 1.05. The zero-order chi connectivity index (χ0) is 5.33. The largest absolute Gasteiger partial charge is 0.203 e. The number of nitrogens with zero attached hydrogens (tertiary/aromatic N) is 1. The molecule has 7 heavy (non-hydrogen) atoms. The summed E-state index contributed by atoms with van der Waals surface area (Å²) in [4.78, 5) is 5.28. The average molecular weight is 102 g/mol. The van der Waals surface area contributed by atoms with Crippen molar-refractivity contribution >= 4 is 0 Å². The molecule has 1 fully saturated rings. The van der Waals surface area contributed by atoms with Gasteiger partial charge in [0, 0.05) is 6.42 Å². The number of rotatable bonds is 0. The van der Waals surface area contributed by atoms with Crippen molar-refractivity contribution in [3.05, 3.63) is 0 Å². The van der Waals surface area contributed by atoms with E-state index in [1.165, 1.54) is 13.0 Å². The first-order chi connectivity index (χ1) is 3.21. The van der Waals surface area contributed by atoms with Crippen LogP contribution in [-0.2, 0) is 4.84 Å². The summed E-state index contributed by atoms with van der Waals surface area (Å²) in [6, 6.07) is 0. The number of hydroxylamine groups is 3. The lowest BCUT2D eigenvalue weighted by Crippen LogP contribution is -2.33. The van der Waals surface area contributed by atoms with Gasteiger partial charge in [-0.2, -0.15) is 4.65 Å². The molecule has 0 aromatic rings. The zero-order valence-corrected chi connectivity index (χ0v) is 4.98. The highest BCUT2D eigenvalue weighted by Crippen LogP contribution is 2.08. The van der Waals surface area contributed by atoms with Crippen LogP contribution in [0.25, 0.3) is 0 Å². The summed E-state index contributed by atoms with van der Waals surface area (Å²) >= 11 is 0. The standard InChI is InChI=1S/C5H12NO/c1-6(2)4-3-5-7-6/h3-5H2,1-2H3/q+1. The highest BCUT2D eigenvalue weighted by Gasteiger charge is 2.22. The summed E-state index contributed by atoms with van der Waals surface area (Å²) in [6.07, 6.45) is 1.22. The molecule has 1 aliphatic heterocycles. The van der Waals surface area contributed by atoms with Gasteiger partial charge in [-0.1, -0.05) is 0 Å². The first-order valence-corrected chi connectivity index (χ1v) is 2.68. The Labute approximate surface area is 44.2 Å². The smallest absolute Gasteiger partial charge is 0.112 e. The highest BCUT2D eigenvalue weighted by molar-refractivity contribution is 4.34. The summed E-state index contributed by atoms with van der Waals surface area (Å²) in [5.41, 5.74) is 0. The second-order valence-corrected chi connectivity index (χ2v) is 2.48. The lowest BCUT2D eigenvalue weighted by Gasteiger charge is -2.17. The van der Waals surface area contributed by atoms with Crippen LogP contribution in [0, 0.1) is 0 Å². The van der Waals surface area contributed by atoms with Crippen LogP contribution >= 0.6 is 0 Å². The van der Waals surface area contributed by atoms with Gasteiger partial charge in [-0.15, -0.1) is 0 Å². The predicted molar refractivity (Wildman–Crippen MR) is 27.5 cm³/mol. The monoisotopic (exact) mass is 102 g/mol. The third kappa shape index (κ3) is 1.14. The van der Waals surface area contributed by atoms with Gasteiger partial charge in [0.05, 0.1) is 14.1 Å². The molecule has 2 heteroatoms. The molecule has 0 spiro atoms. The molecule has 1 rings (SSSR count). The van der Waals surface area contributed by atoms with Crippen LogP contribution in [0.1, 0.15) is 6.42 Å². The summed E-state index contributed by atoms with van der Waals surface area (Å²) in [5, 5.41) is 0. The number of quaternary nitrogens is 1. The Bertz CT molecular complexity index is 62.5. The SMILES string of the molecule is C[N+]1(C)CCCO1. The molecule has 0 unspecified atom stereocenters. The first-order valence-electron chi connectivity index (χ1n) is 2.68. The fraction of sp³-hybridized carbons (Fsp3) is 1.00. The van der Waals surface area contributed by atoms with Gasteiger partial charge in [0.1, 0.15) is 13.2 Å². The fourth-order valence-electron chi connectivity index (χ4n) is 0.822. The van der Waals surface area contributed by atoms with Crippen LogP contribution < -0.4 is 0 Å². The second kappa shape index (κ2) is 1.46. The molecular formula is C5H12NO+. The van der Waals surface area contributed by atoms with E-state index in [0.717, 1.165) is 11.3 Å². The van der Waals surface area contributed by atoms with E-state index in [1.54, 1.807) is 0 Å². The summed E-state index contributed by atoms with van der Waals surface area (Å²) < 4.78 is 0.750. The highest BCUT2D eigenvalue weighted by atomic mass is 16.7. The minimum absolute atomic E-state index is 0.750. The van der Waals surface area contributed by atoms with Gasteiger partial charge in [0.2, 0.25) is 0 Å². The lowest BCUT2D eigenvalue weighted by atomic mass is 10.5. The molecule has 0 bridgehead atoms. The van der Waals surface area contributed by atoms with Crippen LogP contribution in [0.5, 0.6) is 0 Å². The molecule has 2 nitrogen and oxygen atoms in total. The van der Waals surface area contributed by atoms with Gasteiger partial charge in [0.25, 0.3) is 0 Å². The quantitative estimate of drug-likeness (QED) is 0.402. The van der Waals surface area contributed by atoms with Crippen molar-refractivity contribution < 1.29 is 9.48 Å². The van der Waals surface area contributed by atoms with Crippen molar-refractivity contribution in [2.75, 3.05) is 27.2 Å². The normalized spacial score (nSPS) is 28.3. The molecule has 1 aliphatic rings. The lowest BCUT2D eigenvalue weighted by molar-refractivity contribution is -1.06. The molecule has 1 heterocycles. The Morgan fingerprint density at radius 2 is 2.14 bits per heavy atom. The third-order valence-electron chi connectivity index (χ3n) is 1.28. The van der Waals surface area contributed by atoms with Gasteiger partial charge in [-0.25, -0.2) is 4.84 Å². The second-order valence-electron chi connectivity index (χ2n) is 2.48. The van der Waals surface area contributed by atoms with Crippen molar-refractivity contribution in [2.45, 2.75) is 6.42 Å². The van der Waals surface area contributed by atoms with E-state index >= 15 is 0 Å². The molecule has 0 aromatic carbocycles. The Morgan fingerprint density at radius 1 is 1.43 bits per heavy atom. The third-order valence-corrected chi connectivity index (χ3v) is 1.28. The van der Waals surface area contributed by atoms with Crippen molar-refractivity contribution in [2.24, 2.45) is 0 Å². The maximum absolute atomic E-state index is 5.28. The Morgan fingerprint density at radius 3 is 2.29 bits per heavy atom. The van der Waals surface area contributed by atoms with E-state index in [2.05, 4.69) is 14.1 Å². The number of hydrogen-bond acceptors (Lipinski definition) is 1. The van der Waals surface area contributed by atoms with Crippen molar-refractivity contribution in [1.29, 1.82) is 0 Å². The molecule has 0 aromatic heterocycles. The van der Waals surface area contributed by atoms with Crippen LogP contribution in [0.2, 0.25) is 0 Å². The van der Waals surface area contributed by atoms with Gasteiger partial charge in [-0.3, -0.25) is 0 Å². The predicted octanol–water partition coefficient (Wildman–Crippen LogP) is 0.398. The molecule has 0 radical (unpaired) electrons. The Hall–Kier alpha value is -0.0800. The van der Waals surface area contributed by atoms with E-state index in [0.29, 0.717) is 0 Å². The first kappa shape index (κ1) is 5.06. The van der Waals surface area contributed by atoms with E-state index in [-0.39, 0.29) is 0 Å². The van der Waals surface area contributed by atoms with Crippen molar-refractivity contribution in [3.63, 3.8) is 0 Å². The molecular weight excluding hydrogens is 90.1 g/mol. The van der Waals surface area contributed by atoms with Gasteiger partial charge in [0.15, 0.2) is 0 Å². The molecule has 0 N–H and O–H groups in total. The zero-order valence-electron chi connectivity index (χ0n) is 4.98. The van der Waals surface area contributed by atoms with Crippen LogP contribution in [-0.4, -0.2) is 31.9 Å². The van der Waals surface area contributed by atoms with Crippen LogP contribution in [0.4, 0.5) is 0 Å². The maximum atomic E-state index is 5.28. The Balaban J connectivity index is 2.40. The molecule has 0 amide bonds. The molecule has 1 saturated heterocycles. The fourth-order valence-corrected chi connectivity index (χ4v) is 0.822. The van der Waals surface area contributed by atoms with Crippen molar-refractivity contribution in [1.82, 2.24) is 0 Å². The minimum atomic E-state index is 0.750. The van der Waals surface area contributed by atoms with Gasteiger partial charge < -0.3 is 0 Å². The number of hydrogen-bond donors (Lipinski definition) is 0. The van der Waals surface area contributed by atoms with Gasteiger partial charge in [-0.05, 0) is 0 Å². The van der Waals surface area contributed by atoms with E-state index in [9.17, 15) is 0 Å². The van der Waals surface area contributed by atoms with E-state index in [4.69, 9.17) is 4.84 Å². The molecule has 0 atom stereocenters. The maximum Gasteiger partial charge on any atom is 0.112 e. The summed E-state index contributed by atoms with van der Waals surface area (Å²) in [6.45, 7) is 2.10. The van der Waals surface area contributed by atoms with Gasteiger partial charge >= 0.3 is 0 Å². The molecule has 42 valence electrons. The molecule has 0 saturated carbocycles. The van der Waals surface area contributed by atoms with E-state index < -0.39 is 0 Å². The average Bonchev–Trinajstić information content (AvgIpc) is 1.84. The topological polar surface area (TPSA) is 9.23 Å². The summed E-state index contributed by atoms with van der Waals surface area (Å²) in [7, 11) is 4.15. The molecule has 0 aliphatic carbocycles. The van der Waals surface area contributed by atoms with Crippen LogP contribution in [0.15, 0.2) is 0 Å².